The molecule has 2 amide bonds. The van der Waals surface area contributed by atoms with E-state index in [9.17, 15) is 9.59 Å². The maximum Gasteiger partial charge on any atom is 0.260 e. The van der Waals surface area contributed by atoms with Gasteiger partial charge in [-0.3, -0.25) is 14.5 Å². The molecule has 5 rings (SSSR count). The number of benzene rings is 4. The molecule has 1 aliphatic rings. The fourth-order valence-corrected chi connectivity index (χ4v) is 4.38. The van der Waals surface area contributed by atoms with Crippen LogP contribution in [0, 0.1) is 0 Å². The second kappa shape index (κ2) is 10.4. The summed E-state index contributed by atoms with van der Waals surface area (Å²) in [5.74, 6) is 0.516. The predicted molar refractivity (Wildman–Crippen MR) is 141 cm³/mol. The lowest BCUT2D eigenvalue weighted by atomic mass is 10.1. The SMILES string of the molecule is CCOc1ccc(N2C(=O)c3ccccc3C2Nc2cccc(C(=O)NCc3ccccc3)c2)cc1. The van der Waals surface area contributed by atoms with Gasteiger partial charge < -0.3 is 15.4 Å². The molecule has 0 saturated carbocycles. The highest BCUT2D eigenvalue weighted by Crippen LogP contribution is 2.38. The summed E-state index contributed by atoms with van der Waals surface area (Å²) in [7, 11) is 0. The zero-order valence-electron chi connectivity index (χ0n) is 20.0. The third-order valence-corrected chi connectivity index (χ3v) is 6.11. The minimum atomic E-state index is -0.422. The van der Waals surface area contributed by atoms with E-state index in [1.54, 1.807) is 11.0 Å². The quantitative estimate of drug-likeness (QED) is 0.337. The van der Waals surface area contributed by atoms with Gasteiger partial charge >= 0.3 is 0 Å². The van der Waals surface area contributed by atoms with E-state index < -0.39 is 6.17 Å². The van der Waals surface area contributed by atoms with Crippen molar-refractivity contribution >= 4 is 23.2 Å². The van der Waals surface area contributed by atoms with Crippen LogP contribution in [0.4, 0.5) is 11.4 Å². The third-order valence-electron chi connectivity index (χ3n) is 6.11. The van der Waals surface area contributed by atoms with E-state index >= 15 is 0 Å². The Labute approximate surface area is 210 Å². The van der Waals surface area contributed by atoms with Gasteiger partial charge in [-0.25, -0.2) is 0 Å². The summed E-state index contributed by atoms with van der Waals surface area (Å²) in [4.78, 5) is 27.9. The normalized spacial score (nSPS) is 14.3. The van der Waals surface area contributed by atoms with Gasteiger partial charge in [-0.1, -0.05) is 54.6 Å². The summed E-state index contributed by atoms with van der Waals surface area (Å²) in [5, 5.41) is 6.44. The predicted octanol–water partition coefficient (Wildman–Crippen LogP) is 5.79. The van der Waals surface area contributed by atoms with E-state index in [1.807, 2.05) is 104 Å². The first kappa shape index (κ1) is 23.2. The van der Waals surface area contributed by atoms with Crippen LogP contribution in [0.15, 0.2) is 103 Å². The molecular formula is C30H27N3O3. The van der Waals surface area contributed by atoms with E-state index in [0.29, 0.717) is 24.3 Å². The van der Waals surface area contributed by atoms with Crippen LogP contribution in [0.3, 0.4) is 0 Å². The van der Waals surface area contributed by atoms with Crippen LogP contribution >= 0.6 is 0 Å². The first-order chi connectivity index (χ1) is 17.6. The maximum atomic E-state index is 13.4. The zero-order valence-corrected chi connectivity index (χ0v) is 20.0. The zero-order chi connectivity index (χ0) is 24.9. The first-order valence-corrected chi connectivity index (χ1v) is 12.0. The van der Waals surface area contributed by atoms with E-state index in [1.165, 1.54) is 0 Å². The van der Waals surface area contributed by atoms with Gasteiger partial charge in [0.25, 0.3) is 11.8 Å². The number of ether oxygens (including phenoxy) is 1. The lowest BCUT2D eigenvalue weighted by Gasteiger charge is -2.27. The highest BCUT2D eigenvalue weighted by molar-refractivity contribution is 6.11. The summed E-state index contributed by atoms with van der Waals surface area (Å²) in [6.45, 7) is 2.96. The van der Waals surface area contributed by atoms with Crippen molar-refractivity contribution in [3.63, 3.8) is 0 Å². The molecule has 0 radical (unpaired) electrons. The summed E-state index contributed by atoms with van der Waals surface area (Å²) < 4.78 is 5.56. The molecule has 4 aromatic carbocycles. The monoisotopic (exact) mass is 477 g/mol. The second-order valence-corrected chi connectivity index (χ2v) is 8.49. The van der Waals surface area contributed by atoms with Crippen molar-refractivity contribution < 1.29 is 14.3 Å². The van der Waals surface area contributed by atoms with Gasteiger partial charge in [0.15, 0.2) is 0 Å². The molecule has 2 N–H and O–H groups in total. The molecule has 0 aliphatic carbocycles. The van der Waals surface area contributed by atoms with Crippen molar-refractivity contribution in [2.24, 2.45) is 0 Å². The number of carbonyl (C=O) groups excluding carboxylic acids is 2. The number of hydrogen-bond donors (Lipinski definition) is 2. The van der Waals surface area contributed by atoms with Gasteiger partial charge in [-0.15, -0.1) is 0 Å². The topological polar surface area (TPSA) is 70.7 Å². The minimum Gasteiger partial charge on any atom is -0.494 e. The molecule has 0 saturated heterocycles. The molecule has 0 aromatic heterocycles. The van der Waals surface area contributed by atoms with Crippen LogP contribution in [0.1, 0.15) is 44.9 Å². The molecule has 36 heavy (non-hydrogen) atoms. The Morgan fingerprint density at radius 1 is 0.889 bits per heavy atom. The molecular weight excluding hydrogens is 450 g/mol. The summed E-state index contributed by atoms with van der Waals surface area (Å²) >= 11 is 0. The Kier molecular flexibility index (Phi) is 6.67. The number of nitrogens with zero attached hydrogens (tertiary/aromatic N) is 1. The van der Waals surface area contributed by atoms with Gasteiger partial charge in [0.05, 0.1) is 6.61 Å². The average molecular weight is 478 g/mol. The number of anilines is 2. The number of carbonyl (C=O) groups is 2. The minimum absolute atomic E-state index is 0.0796. The number of nitrogens with one attached hydrogen (secondary N) is 2. The van der Waals surface area contributed by atoms with E-state index in [0.717, 1.165) is 28.3 Å². The number of rotatable bonds is 8. The largest absolute Gasteiger partial charge is 0.494 e. The summed E-state index contributed by atoms with van der Waals surface area (Å²) in [6, 6.07) is 32.2. The van der Waals surface area contributed by atoms with Gasteiger partial charge in [0, 0.05) is 34.6 Å². The van der Waals surface area contributed by atoms with Crippen LogP contribution in [-0.2, 0) is 6.54 Å². The molecule has 0 bridgehead atoms. The smallest absolute Gasteiger partial charge is 0.260 e. The van der Waals surface area contributed by atoms with Gasteiger partial charge in [-0.05, 0) is 61.0 Å². The molecule has 180 valence electrons. The first-order valence-electron chi connectivity index (χ1n) is 12.0. The molecule has 1 atom stereocenters. The van der Waals surface area contributed by atoms with Crippen molar-refractivity contribution in [3.05, 3.63) is 125 Å². The van der Waals surface area contributed by atoms with Crippen LogP contribution in [0.2, 0.25) is 0 Å². The van der Waals surface area contributed by atoms with E-state index in [2.05, 4.69) is 10.6 Å². The number of amides is 2. The average Bonchev–Trinajstić information content (AvgIpc) is 3.20. The highest BCUT2D eigenvalue weighted by Gasteiger charge is 2.37. The van der Waals surface area contributed by atoms with Crippen molar-refractivity contribution in [2.75, 3.05) is 16.8 Å². The van der Waals surface area contributed by atoms with Crippen LogP contribution in [0.5, 0.6) is 5.75 Å². The Hall–Kier alpha value is -4.58. The van der Waals surface area contributed by atoms with Crippen LogP contribution in [-0.4, -0.2) is 18.4 Å². The lowest BCUT2D eigenvalue weighted by molar-refractivity contribution is 0.0949. The highest BCUT2D eigenvalue weighted by atomic mass is 16.5. The molecule has 0 spiro atoms. The van der Waals surface area contributed by atoms with Gasteiger partial charge in [0.1, 0.15) is 11.9 Å². The van der Waals surface area contributed by atoms with Crippen molar-refractivity contribution in [1.29, 1.82) is 0 Å². The van der Waals surface area contributed by atoms with Crippen LogP contribution < -0.4 is 20.3 Å². The van der Waals surface area contributed by atoms with Crippen molar-refractivity contribution in [3.8, 4) is 5.75 Å². The molecule has 1 unspecified atom stereocenters. The number of hydrogen-bond acceptors (Lipinski definition) is 4. The molecule has 1 heterocycles. The maximum absolute atomic E-state index is 13.4. The van der Waals surface area contributed by atoms with Gasteiger partial charge in [-0.2, -0.15) is 0 Å². The summed E-state index contributed by atoms with van der Waals surface area (Å²) in [5.41, 5.74) is 4.62. The van der Waals surface area contributed by atoms with Gasteiger partial charge in [0.2, 0.25) is 0 Å². The molecule has 4 aromatic rings. The fourth-order valence-electron chi connectivity index (χ4n) is 4.38. The Bertz CT molecular complexity index is 1370. The summed E-state index contributed by atoms with van der Waals surface area (Å²) in [6.07, 6.45) is -0.422. The Morgan fingerprint density at radius 2 is 1.64 bits per heavy atom. The Morgan fingerprint density at radius 3 is 2.42 bits per heavy atom. The fraction of sp³-hybridized carbons (Fsp3) is 0.133. The second-order valence-electron chi connectivity index (χ2n) is 8.49. The van der Waals surface area contributed by atoms with Crippen molar-refractivity contribution in [2.45, 2.75) is 19.6 Å². The lowest BCUT2D eigenvalue weighted by Crippen LogP contribution is -2.32. The van der Waals surface area contributed by atoms with E-state index in [4.69, 9.17) is 4.74 Å². The molecule has 6 heteroatoms. The third kappa shape index (κ3) is 4.79. The molecule has 1 aliphatic heterocycles. The van der Waals surface area contributed by atoms with Crippen LogP contribution in [0.25, 0.3) is 0 Å². The van der Waals surface area contributed by atoms with E-state index in [-0.39, 0.29) is 11.8 Å². The van der Waals surface area contributed by atoms with Crippen molar-refractivity contribution in [1.82, 2.24) is 5.32 Å². The standard InChI is InChI=1S/C30H27N3O3/c1-2-36-25-17-15-24(16-18-25)33-28(26-13-6-7-14-27(26)30(33)35)32-23-12-8-11-22(19-23)29(34)31-20-21-9-4-3-5-10-21/h3-19,28,32H,2,20H2,1H3,(H,31,34). The molecule has 6 nitrogen and oxygen atoms in total. The molecule has 0 fully saturated rings. The number of fused-ring (bicyclic) bond motifs is 1. The Balaban J connectivity index is 1.39.